The van der Waals surface area contributed by atoms with Crippen LogP contribution in [-0.4, -0.2) is 29.7 Å². The van der Waals surface area contributed by atoms with Gasteiger partial charge in [-0.05, 0) is 31.9 Å². The van der Waals surface area contributed by atoms with E-state index in [0.717, 1.165) is 5.56 Å². The number of amidine groups is 1. The van der Waals surface area contributed by atoms with Crippen LogP contribution < -0.4 is 11.1 Å². The quantitative estimate of drug-likeness (QED) is 0.337. The number of aryl methyl sites for hydroxylation is 1. The van der Waals surface area contributed by atoms with Gasteiger partial charge in [-0.1, -0.05) is 17.3 Å². The number of carbonyl (C=O) groups is 1. The largest absolute Gasteiger partial charge is 0.409 e. The molecule has 2 rings (SSSR count). The van der Waals surface area contributed by atoms with E-state index in [1.807, 2.05) is 26.0 Å². The van der Waals surface area contributed by atoms with Gasteiger partial charge in [0, 0.05) is 12.2 Å². The van der Waals surface area contributed by atoms with Crippen molar-refractivity contribution in [1.82, 2.24) is 0 Å². The Bertz CT molecular complexity index is 542. The molecule has 1 saturated heterocycles. The van der Waals surface area contributed by atoms with Gasteiger partial charge in [0.1, 0.15) is 0 Å². The summed E-state index contributed by atoms with van der Waals surface area (Å²) in [7, 11) is 0. The highest BCUT2D eigenvalue weighted by atomic mass is 16.5. The molecule has 1 heterocycles. The molecule has 0 bridgehead atoms. The predicted octanol–water partition coefficient (Wildman–Crippen LogP) is 1.45. The SMILES string of the molecule is Cc1cccc(NC(=O)C2CCOC2C)c1/C(N)=N/O. The molecule has 0 saturated carbocycles. The van der Waals surface area contributed by atoms with Crippen molar-refractivity contribution in [2.75, 3.05) is 11.9 Å². The third kappa shape index (κ3) is 2.75. The Kier molecular flexibility index (Phi) is 4.24. The summed E-state index contributed by atoms with van der Waals surface area (Å²) in [5.74, 6) is -0.294. The fourth-order valence-electron chi connectivity index (χ4n) is 2.46. The van der Waals surface area contributed by atoms with Gasteiger partial charge in [0.25, 0.3) is 0 Å². The summed E-state index contributed by atoms with van der Waals surface area (Å²) in [6, 6.07) is 5.39. The molecule has 108 valence electrons. The van der Waals surface area contributed by atoms with Crippen LogP contribution in [0.2, 0.25) is 0 Å². The second-order valence-corrected chi connectivity index (χ2v) is 4.94. The van der Waals surface area contributed by atoms with Crippen LogP contribution in [0.4, 0.5) is 5.69 Å². The first-order valence-electron chi connectivity index (χ1n) is 6.54. The van der Waals surface area contributed by atoms with Crippen LogP contribution >= 0.6 is 0 Å². The molecule has 6 nitrogen and oxygen atoms in total. The maximum Gasteiger partial charge on any atom is 0.230 e. The van der Waals surface area contributed by atoms with E-state index in [9.17, 15) is 4.79 Å². The molecule has 0 spiro atoms. The number of hydrogen-bond acceptors (Lipinski definition) is 4. The molecule has 20 heavy (non-hydrogen) atoms. The molecule has 0 radical (unpaired) electrons. The first-order chi connectivity index (χ1) is 9.54. The van der Waals surface area contributed by atoms with Crippen molar-refractivity contribution in [3.05, 3.63) is 29.3 Å². The van der Waals surface area contributed by atoms with Gasteiger partial charge in [-0.25, -0.2) is 0 Å². The minimum atomic E-state index is -0.171. The van der Waals surface area contributed by atoms with Crippen molar-refractivity contribution in [3.63, 3.8) is 0 Å². The van der Waals surface area contributed by atoms with Crippen LogP contribution in [0.25, 0.3) is 0 Å². The molecule has 1 aliphatic rings. The van der Waals surface area contributed by atoms with Crippen molar-refractivity contribution >= 4 is 17.4 Å². The van der Waals surface area contributed by atoms with Crippen LogP contribution in [0, 0.1) is 12.8 Å². The summed E-state index contributed by atoms with van der Waals surface area (Å²) in [4.78, 5) is 12.3. The topological polar surface area (TPSA) is 96.9 Å². The van der Waals surface area contributed by atoms with Gasteiger partial charge in [-0.3, -0.25) is 4.79 Å². The molecule has 1 aliphatic heterocycles. The number of rotatable bonds is 3. The monoisotopic (exact) mass is 277 g/mol. The molecule has 1 aromatic rings. The molecule has 6 heteroatoms. The third-order valence-electron chi connectivity index (χ3n) is 3.61. The van der Waals surface area contributed by atoms with Gasteiger partial charge >= 0.3 is 0 Å². The highest BCUT2D eigenvalue weighted by Gasteiger charge is 2.31. The molecular weight excluding hydrogens is 258 g/mol. The number of benzene rings is 1. The Morgan fingerprint density at radius 3 is 2.90 bits per heavy atom. The minimum absolute atomic E-state index is 0.0193. The summed E-state index contributed by atoms with van der Waals surface area (Å²) in [6.45, 7) is 4.32. The summed E-state index contributed by atoms with van der Waals surface area (Å²) in [5.41, 5.74) is 7.59. The van der Waals surface area contributed by atoms with Gasteiger partial charge in [0.05, 0.1) is 17.7 Å². The van der Waals surface area contributed by atoms with Crippen molar-refractivity contribution in [2.24, 2.45) is 16.8 Å². The molecule has 0 aliphatic carbocycles. The lowest BCUT2D eigenvalue weighted by molar-refractivity contribution is -0.121. The standard InChI is InChI=1S/C14H19N3O3/c1-8-4-3-5-11(12(8)13(15)17-19)16-14(18)10-6-7-20-9(10)2/h3-5,9-10,19H,6-7H2,1-2H3,(H2,15,17)(H,16,18). The molecule has 1 fully saturated rings. The fourth-order valence-corrected chi connectivity index (χ4v) is 2.46. The van der Waals surface area contributed by atoms with Crippen molar-refractivity contribution in [2.45, 2.75) is 26.4 Å². The Labute approximate surface area is 117 Å². The predicted molar refractivity (Wildman–Crippen MR) is 75.8 cm³/mol. The first-order valence-corrected chi connectivity index (χ1v) is 6.54. The van der Waals surface area contributed by atoms with Crippen LogP contribution in [0.5, 0.6) is 0 Å². The lowest BCUT2D eigenvalue weighted by atomic mass is 10.0. The normalized spacial score (nSPS) is 22.8. The second-order valence-electron chi connectivity index (χ2n) is 4.94. The van der Waals surface area contributed by atoms with Gasteiger partial charge in [0.15, 0.2) is 5.84 Å². The van der Waals surface area contributed by atoms with E-state index >= 15 is 0 Å². The number of nitrogens with two attached hydrogens (primary N) is 1. The molecule has 1 amide bonds. The Morgan fingerprint density at radius 2 is 2.30 bits per heavy atom. The zero-order valence-electron chi connectivity index (χ0n) is 11.6. The van der Waals surface area contributed by atoms with Crippen LogP contribution in [0.15, 0.2) is 23.4 Å². The molecule has 2 atom stereocenters. The number of anilines is 1. The first kappa shape index (κ1) is 14.3. The summed E-state index contributed by atoms with van der Waals surface area (Å²) < 4.78 is 5.40. The van der Waals surface area contributed by atoms with E-state index in [0.29, 0.717) is 24.3 Å². The zero-order chi connectivity index (χ0) is 14.7. The van der Waals surface area contributed by atoms with Crippen LogP contribution in [0.1, 0.15) is 24.5 Å². The molecule has 1 aromatic carbocycles. The van der Waals surface area contributed by atoms with E-state index in [2.05, 4.69) is 10.5 Å². The summed E-state index contributed by atoms with van der Waals surface area (Å²) in [6.07, 6.45) is 0.615. The molecule has 0 aromatic heterocycles. The van der Waals surface area contributed by atoms with Crippen LogP contribution in [0.3, 0.4) is 0 Å². The van der Waals surface area contributed by atoms with E-state index < -0.39 is 0 Å². The van der Waals surface area contributed by atoms with Crippen molar-refractivity contribution < 1.29 is 14.7 Å². The highest BCUT2D eigenvalue weighted by Crippen LogP contribution is 2.24. The summed E-state index contributed by atoms with van der Waals surface area (Å²) >= 11 is 0. The van der Waals surface area contributed by atoms with Gasteiger partial charge in [0.2, 0.25) is 5.91 Å². The third-order valence-corrected chi connectivity index (χ3v) is 3.61. The van der Waals surface area contributed by atoms with Gasteiger partial charge in [-0.15, -0.1) is 0 Å². The number of amides is 1. The molecular formula is C14H19N3O3. The smallest absolute Gasteiger partial charge is 0.230 e. The summed E-state index contributed by atoms with van der Waals surface area (Å²) in [5, 5.41) is 14.7. The average Bonchev–Trinajstić information content (AvgIpc) is 2.84. The lowest BCUT2D eigenvalue weighted by Crippen LogP contribution is -2.29. The number of hydrogen-bond donors (Lipinski definition) is 3. The van der Waals surface area contributed by atoms with E-state index in [1.54, 1.807) is 6.07 Å². The number of nitrogens with one attached hydrogen (secondary N) is 1. The van der Waals surface area contributed by atoms with E-state index in [-0.39, 0.29) is 23.8 Å². The number of nitrogens with zero attached hydrogens (tertiary/aromatic N) is 1. The van der Waals surface area contributed by atoms with Crippen molar-refractivity contribution in [1.29, 1.82) is 0 Å². The fraction of sp³-hybridized carbons (Fsp3) is 0.429. The average molecular weight is 277 g/mol. The maximum absolute atomic E-state index is 12.3. The maximum atomic E-state index is 12.3. The Hall–Kier alpha value is -2.08. The van der Waals surface area contributed by atoms with Crippen molar-refractivity contribution in [3.8, 4) is 0 Å². The van der Waals surface area contributed by atoms with Gasteiger partial charge < -0.3 is 21.0 Å². The number of ether oxygens (including phenoxy) is 1. The van der Waals surface area contributed by atoms with Crippen LogP contribution in [-0.2, 0) is 9.53 Å². The lowest BCUT2D eigenvalue weighted by Gasteiger charge is -2.17. The number of carbonyl (C=O) groups excluding carboxylic acids is 1. The molecule has 4 N–H and O–H groups in total. The zero-order valence-corrected chi connectivity index (χ0v) is 11.6. The Balaban J connectivity index is 2.25. The number of oxime groups is 1. The second kappa shape index (κ2) is 5.92. The molecule has 2 unspecified atom stereocenters. The van der Waals surface area contributed by atoms with Gasteiger partial charge in [-0.2, -0.15) is 0 Å². The Morgan fingerprint density at radius 1 is 1.55 bits per heavy atom. The van der Waals surface area contributed by atoms with E-state index in [4.69, 9.17) is 15.7 Å². The highest BCUT2D eigenvalue weighted by molar-refractivity contribution is 6.06. The van der Waals surface area contributed by atoms with E-state index in [1.165, 1.54) is 0 Å². The minimum Gasteiger partial charge on any atom is -0.409 e.